The van der Waals surface area contributed by atoms with Crippen LogP contribution in [0.2, 0.25) is 0 Å². The quantitative estimate of drug-likeness (QED) is 0.706. The van der Waals surface area contributed by atoms with E-state index in [0.717, 1.165) is 49.7 Å². The number of hydrogen-bond donors (Lipinski definition) is 0. The van der Waals surface area contributed by atoms with Gasteiger partial charge in [0.2, 0.25) is 0 Å². The minimum atomic E-state index is -0.148. The van der Waals surface area contributed by atoms with Crippen LogP contribution in [0.25, 0.3) is 16.6 Å². The molecule has 3 aromatic rings. The van der Waals surface area contributed by atoms with Crippen molar-refractivity contribution in [3.05, 3.63) is 64.2 Å². The molecule has 1 fully saturated rings. The summed E-state index contributed by atoms with van der Waals surface area (Å²) in [6, 6.07) is 13.7. The fourth-order valence-corrected chi connectivity index (χ4v) is 3.81. The molecule has 2 aromatic carbocycles. The van der Waals surface area contributed by atoms with Gasteiger partial charge in [-0.3, -0.25) is 9.36 Å². The maximum absolute atomic E-state index is 13.3. The van der Waals surface area contributed by atoms with E-state index in [1.165, 1.54) is 6.33 Å². The number of aromatic nitrogens is 2. The molecule has 0 saturated carbocycles. The molecule has 0 atom stereocenters. The first-order valence-corrected chi connectivity index (χ1v) is 9.61. The van der Waals surface area contributed by atoms with Crippen molar-refractivity contribution in [2.24, 2.45) is 0 Å². The van der Waals surface area contributed by atoms with Gasteiger partial charge in [0.05, 0.1) is 22.2 Å². The maximum Gasteiger partial charge on any atom is 0.265 e. The summed E-state index contributed by atoms with van der Waals surface area (Å²) >= 11 is 0. The van der Waals surface area contributed by atoms with Gasteiger partial charge in [0, 0.05) is 31.9 Å². The molecule has 28 heavy (non-hydrogen) atoms. The topological polar surface area (TPSA) is 65.2 Å². The van der Waals surface area contributed by atoms with E-state index in [0.29, 0.717) is 16.5 Å². The Bertz CT molecular complexity index is 1120. The lowest BCUT2D eigenvalue weighted by atomic mass is 10.1. The molecule has 1 aliphatic heterocycles. The van der Waals surface area contributed by atoms with Crippen molar-refractivity contribution in [2.75, 3.05) is 37.6 Å². The normalized spacial score (nSPS) is 15.0. The Morgan fingerprint density at radius 1 is 1.14 bits per heavy atom. The summed E-state index contributed by atoms with van der Waals surface area (Å²) in [6.07, 6.45) is 1.52. The molecule has 1 aromatic heterocycles. The molecule has 0 amide bonds. The number of fused-ring (bicyclic) bond motifs is 1. The van der Waals surface area contributed by atoms with Crippen LogP contribution in [0, 0.1) is 18.3 Å². The molecule has 1 saturated heterocycles. The second kappa shape index (κ2) is 7.45. The van der Waals surface area contributed by atoms with Crippen molar-refractivity contribution < 1.29 is 0 Å². The van der Waals surface area contributed by atoms with Crippen molar-refractivity contribution in [2.45, 2.75) is 13.8 Å². The van der Waals surface area contributed by atoms with Crippen LogP contribution in [0.4, 0.5) is 5.69 Å². The average molecular weight is 373 g/mol. The lowest BCUT2D eigenvalue weighted by Gasteiger charge is -2.35. The molecule has 0 bridgehead atoms. The van der Waals surface area contributed by atoms with E-state index in [9.17, 15) is 10.1 Å². The monoisotopic (exact) mass is 373 g/mol. The van der Waals surface area contributed by atoms with Gasteiger partial charge in [0.25, 0.3) is 5.56 Å². The minimum Gasteiger partial charge on any atom is -0.369 e. The van der Waals surface area contributed by atoms with Crippen molar-refractivity contribution in [3.8, 4) is 11.8 Å². The zero-order chi connectivity index (χ0) is 19.7. The van der Waals surface area contributed by atoms with E-state index >= 15 is 0 Å². The van der Waals surface area contributed by atoms with E-state index < -0.39 is 0 Å². The van der Waals surface area contributed by atoms with Crippen LogP contribution >= 0.6 is 0 Å². The van der Waals surface area contributed by atoms with Crippen molar-refractivity contribution >= 4 is 16.6 Å². The number of para-hydroxylation sites is 1. The van der Waals surface area contributed by atoms with Gasteiger partial charge >= 0.3 is 0 Å². The Hall–Kier alpha value is -3.17. The summed E-state index contributed by atoms with van der Waals surface area (Å²) in [4.78, 5) is 22.4. The third-order valence-electron chi connectivity index (χ3n) is 5.53. The van der Waals surface area contributed by atoms with E-state index in [2.05, 4.69) is 27.8 Å². The molecule has 0 unspecified atom stereocenters. The highest BCUT2D eigenvalue weighted by molar-refractivity contribution is 5.87. The van der Waals surface area contributed by atoms with Crippen LogP contribution in [0.15, 0.2) is 47.5 Å². The average Bonchev–Trinajstić information content (AvgIpc) is 2.74. The summed E-state index contributed by atoms with van der Waals surface area (Å²) in [5, 5.41) is 10.1. The second-order valence-electron chi connectivity index (χ2n) is 7.13. The third kappa shape index (κ3) is 3.14. The molecule has 1 aliphatic rings. The van der Waals surface area contributed by atoms with Crippen LogP contribution in [0.5, 0.6) is 0 Å². The van der Waals surface area contributed by atoms with E-state index in [4.69, 9.17) is 0 Å². The summed E-state index contributed by atoms with van der Waals surface area (Å²) in [5.74, 6) is 0. The van der Waals surface area contributed by atoms with Crippen LogP contribution in [0.1, 0.15) is 18.1 Å². The molecular formula is C22H23N5O. The molecule has 0 aliphatic carbocycles. The number of benzene rings is 2. The SMILES string of the molecule is CCN1CCN(c2cc(C#N)c3ncn(-c4ccccc4C)c(=O)c3c2)CC1. The predicted molar refractivity (Wildman–Crippen MR) is 111 cm³/mol. The number of nitrogens with zero attached hydrogens (tertiary/aromatic N) is 5. The number of nitriles is 1. The number of likely N-dealkylation sites (N-methyl/N-ethyl adjacent to an activating group) is 1. The molecule has 0 N–H and O–H groups in total. The van der Waals surface area contributed by atoms with Crippen molar-refractivity contribution in [1.29, 1.82) is 5.26 Å². The maximum atomic E-state index is 13.3. The first kappa shape index (κ1) is 18.2. The molecular weight excluding hydrogens is 350 g/mol. The number of rotatable bonds is 3. The second-order valence-corrected chi connectivity index (χ2v) is 7.13. The van der Waals surface area contributed by atoms with Gasteiger partial charge in [-0.1, -0.05) is 25.1 Å². The first-order valence-electron chi connectivity index (χ1n) is 9.61. The van der Waals surface area contributed by atoms with Gasteiger partial charge in [-0.05, 0) is 37.2 Å². The Morgan fingerprint density at radius 3 is 2.57 bits per heavy atom. The molecule has 0 spiro atoms. The third-order valence-corrected chi connectivity index (χ3v) is 5.53. The lowest BCUT2D eigenvalue weighted by molar-refractivity contribution is 0.271. The van der Waals surface area contributed by atoms with Gasteiger partial charge in [-0.25, -0.2) is 4.98 Å². The first-order chi connectivity index (χ1) is 13.6. The molecule has 142 valence electrons. The van der Waals surface area contributed by atoms with Gasteiger partial charge in [0.1, 0.15) is 12.4 Å². The summed E-state index contributed by atoms with van der Waals surface area (Å²) in [7, 11) is 0. The van der Waals surface area contributed by atoms with Crippen LogP contribution in [0.3, 0.4) is 0 Å². The zero-order valence-electron chi connectivity index (χ0n) is 16.2. The predicted octanol–water partition coefficient (Wildman–Crippen LogP) is 2.71. The standard InChI is InChI=1S/C22H23N5O/c1-3-25-8-10-26(11-9-25)18-12-17(14-23)21-19(13-18)22(28)27(15-24-21)20-7-5-4-6-16(20)2/h4-7,12-13,15H,3,8-11H2,1-2H3. The molecule has 0 radical (unpaired) electrons. The van der Waals surface area contributed by atoms with E-state index in [-0.39, 0.29) is 5.56 Å². The Morgan fingerprint density at radius 2 is 1.89 bits per heavy atom. The highest BCUT2D eigenvalue weighted by Gasteiger charge is 2.19. The summed E-state index contributed by atoms with van der Waals surface area (Å²) < 4.78 is 1.57. The molecule has 2 heterocycles. The van der Waals surface area contributed by atoms with Crippen LogP contribution in [-0.4, -0.2) is 47.2 Å². The Balaban J connectivity index is 1.84. The Labute approximate surface area is 164 Å². The van der Waals surface area contributed by atoms with Gasteiger partial charge in [0.15, 0.2) is 0 Å². The fourth-order valence-electron chi connectivity index (χ4n) is 3.81. The van der Waals surface area contributed by atoms with Gasteiger partial charge < -0.3 is 9.80 Å². The fraction of sp³-hybridized carbons (Fsp3) is 0.318. The smallest absolute Gasteiger partial charge is 0.265 e. The number of aryl methyl sites for hydroxylation is 1. The summed E-state index contributed by atoms with van der Waals surface area (Å²) in [5.41, 5.74) is 3.49. The minimum absolute atomic E-state index is 0.148. The molecule has 4 rings (SSSR count). The largest absolute Gasteiger partial charge is 0.369 e. The lowest BCUT2D eigenvalue weighted by Crippen LogP contribution is -2.46. The van der Waals surface area contributed by atoms with Gasteiger partial charge in [-0.2, -0.15) is 5.26 Å². The van der Waals surface area contributed by atoms with Crippen molar-refractivity contribution in [3.63, 3.8) is 0 Å². The van der Waals surface area contributed by atoms with Crippen LogP contribution in [-0.2, 0) is 0 Å². The van der Waals surface area contributed by atoms with E-state index in [1.807, 2.05) is 43.3 Å². The van der Waals surface area contributed by atoms with Gasteiger partial charge in [-0.15, -0.1) is 0 Å². The van der Waals surface area contributed by atoms with E-state index in [1.54, 1.807) is 4.57 Å². The zero-order valence-corrected chi connectivity index (χ0v) is 16.2. The van der Waals surface area contributed by atoms with Crippen LogP contribution < -0.4 is 10.5 Å². The number of piperazine rings is 1. The number of anilines is 1. The molecule has 6 nitrogen and oxygen atoms in total. The summed E-state index contributed by atoms with van der Waals surface area (Å²) in [6.45, 7) is 8.91. The molecule has 6 heteroatoms. The van der Waals surface area contributed by atoms with Crippen molar-refractivity contribution in [1.82, 2.24) is 14.5 Å². The highest BCUT2D eigenvalue weighted by atomic mass is 16.1. The number of hydrogen-bond acceptors (Lipinski definition) is 5. The Kier molecular flexibility index (Phi) is 4.84. The highest BCUT2D eigenvalue weighted by Crippen LogP contribution is 2.24.